The van der Waals surface area contributed by atoms with Crippen molar-refractivity contribution in [1.82, 2.24) is 4.98 Å². The highest BCUT2D eigenvalue weighted by Gasteiger charge is 2.12. The number of carbonyl (C=O) groups excluding carboxylic acids is 2. The number of nitrogens with two attached hydrogens (primary N) is 1. The number of pyridine rings is 1. The summed E-state index contributed by atoms with van der Waals surface area (Å²) < 4.78 is 5.39. The summed E-state index contributed by atoms with van der Waals surface area (Å²) in [6.45, 7) is 3.17. The third-order valence-electron chi connectivity index (χ3n) is 5.09. The molecule has 0 saturated carbocycles. The Kier molecular flexibility index (Phi) is 7.03. The van der Waals surface area contributed by atoms with Crippen LogP contribution in [0.3, 0.4) is 0 Å². The van der Waals surface area contributed by atoms with Crippen molar-refractivity contribution in [2.24, 2.45) is 5.73 Å². The average molecular weight is 449 g/mol. The molecule has 1 fully saturated rings. The van der Waals surface area contributed by atoms with Crippen LogP contribution in [0, 0.1) is 0 Å². The summed E-state index contributed by atoms with van der Waals surface area (Å²) in [7, 11) is 0. The number of anilines is 2. The molecule has 0 spiro atoms. The predicted octanol–water partition coefficient (Wildman–Crippen LogP) is 3.56. The van der Waals surface area contributed by atoms with Crippen molar-refractivity contribution in [2.75, 3.05) is 36.5 Å². The molecule has 2 amide bonds. The molecule has 0 radical (unpaired) electrons. The first kappa shape index (κ1) is 21.9. The molecule has 1 aliphatic rings. The zero-order valence-corrected chi connectivity index (χ0v) is 18.3. The molecule has 32 heavy (non-hydrogen) atoms. The van der Waals surface area contributed by atoms with Crippen LogP contribution in [0.4, 0.5) is 11.4 Å². The molecular formula is C24H24N4O3S. The Hall–Kier alpha value is -3.36. The van der Waals surface area contributed by atoms with Gasteiger partial charge in [0.15, 0.2) is 0 Å². The fourth-order valence-electron chi connectivity index (χ4n) is 3.39. The van der Waals surface area contributed by atoms with E-state index in [4.69, 9.17) is 10.5 Å². The van der Waals surface area contributed by atoms with Gasteiger partial charge in [0.2, 0.25) is 5.91 Å². The number of rotatable bonds is 7. The second kappa shape index (κ2) is 10.3. The molecular weight excluding hydrogens is 424 g/mol. The van der Waals surface area contributed by atoms with E-state index < -0.39 is 5.91 Å². The van der Waals surface area contributed by atoms with Crippen LogP contribution in [-0.2, 0) is 10.5 Å². The second-order valence-electron chi connectivity index (χ2n) is 7.36. The van der Waals surface area contributed by atoms with Crippen LogP contribution in [0.15, 0.2) is 71.9 Å². The van der Waals surface area contributed by atoms with Gasteiger partial charge in [0, 0.05) is 53.1 Å². The summed E-state index contributed by atoms with van der Waals surface area (Å²) in [5, 5.41) is 2.96. The minimum absolute atomic E-state index is 0.151. The van der Waals surface area contributed by atoms with Crippen molar-refractivity contribution < 1.29 is 14.3 Å². The molecule has 1 saturated heterocycles. The fraction of sp³-hybridized carbons (Fsp3) is 0.208. The first-order valence-corrected chi connectivity index (χ1v) is 11.3. The number of amides is 2. The molecule has 7 nitrogen and oxygen atoms in total. The van der Waals surface area contributed by atoms with Gasteiger partial charge < -0.3 is 20.7 Å². The Morgan fingerprint density at radius 3 is 2.56 bits per heavy atom. The number of nitrogens with zero attached hydrogens (tertiary/aromatic N) is 2. The highest BCUT2D eigenvalue weighted by molar-refractivity contribution is 7.98. The van der Waals surface area contributed by atoms with E-state index in [2.05, 4.69) is 15.2 Å². The van der Waals surface area contributed by atoms with Crippen LogP contribution < -0.4 is 16.0 Å². The van der Waals surface area contributed by atoms with Gasteiger partial charge in [-0.25, -0.2) is 0 Å². The Balaban J connectivity index is 1.36. The Labute approximate surface area is 191 Å². The third-order valence-corrected chi connectivity index (χ3v) is 6.13. The molecule has 164 valence electrons. The van der Waals surface area contributed by atoms with E-state index in [1.54, 1.807) is 24.0 Å². The lowest BCUT2D eigenvalue weighted by Gasteiger charge is -2.28. The molecule has 0 bridgehead atoms. The van der Waals surface area contributed by atoms with Gasteiger partial charge >= 0.3 is 0 Å². The van der Waals surface area contributed by atoms with Gasteiger partial charge in [0.05, 0.1) is 18.8 Å². The standard InChI is InChI=1S/C24H24N4O3S/c25-23(29)19-13-22(15-26-14-19)32-16-17-2-1-3-20(12-17)27-24(30)18-4-6-21(7-5-18)28-8-10-31-11-9-28/h1-7,12-15H,8-11,16H2,(H2,25,29)(H,27,30). The maximum absolute atomic E-state index is 12.7. The van der Waals surface area contributed by atoms with Gasteiger partial charge in [0.25, 0.3) is 5.91 Å². The summed E-state index contributed by atoms with van der Waals surface area (Å²) >= 11 is 1.55. The van der Waals surface area contributed by atoms with E-state index in [-0.39, 0.29) is 5.91 Å². The molecule has 0 aliphatic carbocycles. The van der Waals surface area contributed by atoms with Gasteiger partial charge in [-0.05, 0) is 48.0 Å². The van der Waals surface area contributed by atoms with Crippen LogP contribution >= 0.6 is 11.8 Å². The van der Waals surface area contributed by atoms with E-state index in [0.29, 0.717) is 16.9 Å². The molecule has 2 heterocycles. The lowest BCUT2D eigenvalue weighted by Crippen LogP contribution is -2.36. The molecule has 0 atom stereocenters. The zero-order valence-electron chi connectivity index (χ0n) is 17.5. The number of carbonyl (C=O) groups is 2. The van der Waals surface area contributed by atoms with Crippen LogP contribution in [-0.4, -0.2) is 43.1 Å². The number of nitrogens with one attached hydrogen (secondary N) is 1. The second-order valence-corrected chi connectivity index (χ2v) is 8.41. The zero-order chi connectivity index (χ0) is 22.3. The van der Waals surface area contributed by atoms with Crippen molar-refractivity contribution in [3.05, 3.63) is 83.7 Å². The van der Waals surface area contributed by atoms with Crippen molar-refractivity contribution in [3.63, 3.8) is 0 Å². The van der Waals surface area contributed by atoms with Gasteiger partial charge in [-0.15, -0.1) is 11.8 Å². The molecule has 8 heteroatoms. The van der Waals surface area contributed by atoms with E-state index in [1.165, 1.54) is 6.20 Å². The fourth-order valence-corrected chi connectivity index (χ4v) is 4.25. The molecule has 0 unspecified atom stereocenters. The van der Waals surface area contributed by atoms with E-state index >= 15 is 0 Å². The minimum atomic E-state index is -0.498. The number of thioether (sulfide) groups is 1. The minimum Gasteiger partial charge on any atom is -0.378 e. The van der Waals surface area contributed by atoms with E-state index in [1.807, 2.05) is 48.5 Å². The SMILES string of the molecule is NC(=O)c1cncc(SCc2cccc(NC(=O)c3ccc(N4CCOCC4)cc3)c2)c1. The Morgan fingerprint density at radius 2 is 1.81 bits per heavy atom. The molecule has 1 aliphatic heterocycles. The average Bonchev–Trinajstić information content (AvgIpc) is 2.84. The molecule has 2 aromatic carbocycles. The summed E-state index contributed by atoms with van der Waals surface area (Å²) in [4.78, 5) is 31.2. The number of aromatic nitrogens is 1. The van der Waals surface area contributed by atoms with E-state index in [9.17, 15) is 9.59 Å². The number of hydrogen-bond donors (Lipinski definition) is 2. The van der Waals surface area contributed by atoms with Crippen LogP contribution in [0.1, 0.15) is 26.3 Å². The molecule has 4 rings (SSSR count). The van der Waals surface area contributed by atoms with Crippen LogP contribution in [0.5, 0.6) is 0 Å². The maximum Gasteiger partial charge on any atom is 0.255 e. The lowest BCUT2D eigenvalue weighted by molar-refractivity contribution is 0.0997. The number of benzene rings is 2. The van der Waals surface area contributed by atoms with Gasteiger partial charge in [-0.3, -0.25) is 14.6 Å². The van der Waals surface area contributed by atoms with Gasteiger partial charge in [-0.2, -0.15) is 0 Å². The summed E-state index contributed by atoms with van der Waals surface area (Å²) in [6.07, 6.45) is 3.15. The monoisotopic (exact) mass is 448 g/mol. The topological polar surface area (TPSA) is 97.6 Å². The smallest absolute Gasteiger partial charge is 0.255 e. The van der Waals surface area contributed by atoms with Gasteiger partial charge in [0.1, 0.15) is 0 Å². The number of hydrogen-bond acceptors (Lipinski definition) is 6. The largest absolute Gasteiger partial charge is 0.378 e. The predicted molar refractivity (Wildman–Crippen MR) is 126 cm³/mol. The van der Waals surface area contributed by atoms with E-state index in [0.717, 1.165) is 48.1 Å². The summed E-state index contributed by atoms with van der Waals surface area (Å²) in [5.74, 6) is 0.0197. The number of ether oxygens (including phenoxy) is 1. The maximum atomic E-state index is 12.7. The molecule has 3 N–H and O–H groups in total. The van der Waals surface area contributed by atoms with Crippen molar-refractivity contribution >= 4 is 35.0 Å². The molecule has 3 aromatic rings. The first-order valence-electron chi connectivity index (χ1n) is 10.3. The number of morpholine rings is 1. The highest BCUT2D eigenvalue weighted by atomic mass is 32.2. The normalized spacial score (nSPS) is 13.6. The summed E-state index contributed by atoms with van der Waals surface area (Å²) in [6, 6.07) is 17.1. The van der Waals surface area contributed by atoms with Crippen LogP contribution in [0.25, 0.3) is 0 Å². The first-order chi connectivity index (χ1) is 15.6. The quantitative estimate of drug-likeness (QED) is 0.537. The molecule has 1 aromatic heterocycles. The number of primary amides is 1. The Bertz CT molecular complexity index is 1100. The third kappa shape index (κ3) is 5.66. The highest BCUT2D eigenvalue weighted by Crippen LogP contribution is 2.24. The van der Waals surface area contributed by atoms with Gasteiger partial charge in [-0.1, -0.05) is 12.1 Å². The van der Waals surface area contributed by atoms with Crippen molar-refractivity contribution in [3.8, 4) is 0 Å². The van der Waals surface area contributed by atoms with Crippen LogP contribution in [0.2, 0.25) is 0 Å². The summed E-state index contributed by atoms with van der Waals surface area (Å²) in [5.41, 5.74) is 9.18. The Morgan fingerprint density at radius 1 is 1.03 bits per heavy atom. The lowest BCUT2D eigenvalue weighted by atomic mass is 10.1. The van der Waals surface area contributed by atoms with Crippen molar-refractivity contribution in [1.29, 1.82) is 0 Å². The van der Waals surface area contributed by atoms with Crippen molar-refractivity contribution in [2.45, 2.75) is 10.6 Å².